The molecule has 0 aliphatic carbocycles. The van der Waals surface area contributed by atoms with Crippen molar-refractivity contribution in [3.63, 3.8) is 0 Å². The molecule has 0 atom stereocenters. The zero-order chi connectivity index (χ0) is 17.6. The predicted octanol–water partition coefficient (Wildman–Crippen LogP) is 5.09. The van der Waals surface area contributed by atoms with Crippen molar-refractivity contribution in [2.45, 2.75) is 13.8 Å². The molecule has 5 nitrogen and oxygen atoms in total. The number of hydrogen-bond acceptors (Lipinski definition) is 3. The lowest BCUT2D eigenvalue weighted by Gasteiger charge is -2.11. The summed E-state index contributed by atoms with van der Waals surface area (Å²) >= 11 is 0. The lowest BCUT2D eigenvalue weighted by Crippen LogP contribution is -2.19. The van der Waals surface area contributed by atoms with E-state index in [1.165, 1.54) is 5.56 Å². The van der Waals surface area contributed by atoms with E-state index >= 15 is 0 Å². The van der Waals surface area contributed by atoms with Gasteiger partial charge < -0.3 is 10.6 Å². The fourth-order valence-electron chi connectivity index (χ4n) is 2.37. The molecular formula is C20H20N4O. The number of hydrogen-bond donors (Lipinski definition) is 3. The summed E-state index contributed by atoms with van der Waals surface area (Å²) in [6, 6.07) is 18.8. The molecular weight excluding hydrogens is 312 g/mol. The third-order valence-electron chi connectivity index (χ3n) is 3.71. The van der Waals surface area contributed by atoms with Crippen LogP contribution in [0.15, 0.2) is 66.9 Å². The lowest BCUT2D eigenvalue weighted by molar-refractivity contribution is 0.262. The van der Waals surface area contributed by atoms with E-state index in [4.69, 9.17) is 0 Å². The molecule has 5 heteroatoms. The Bertz CT molecular complexity index is 861. The number of benzene rings is 2. The van der Waals surface area contributed by atoms with Gasteiger partial charge in [-0.3, -0.25) is 5.32 Å². The van der Waals surface area contributed by atoms with E-state index < -0.39 is 0 Å². The van der Waals surface area contributed by atoms with E-state index in [0.717, 1.165) is 22.6 Å². The second-order valence-corrected chi connectivity index (χ2v) is 5.82. The van der Waals surface area contributed by atoms with Crippen LogP contribution in [0.4, 0.5) is 27.7 Å². The van der Waals surface area contributed by atoms with Crippen molar-refractivity contribution in [3.05, 3.63) is 78.0 Å². The predicted molar refractivity (Wildman–Crippen MR) is 103 cm³/mol. The standard InChI is InChI=1S/C20H20N4O/c1-14-8-9-15(2)18(12-14)22-17-10-11-19(21-13-17)24-20(25)23-16-6-4-3-5-7-16/h3-13,22H,1-2H3,(H2,21,23,24,25). The van der Waals surface area contributed by atoms with Gasteiger partial charge in [0.15, 0.2) is 0 Å². The summed E-state index contributed by atoms with van der Waals surface area (Å²) < 4.78 is 0. The summed E-state index contributed by atoms with van der Waals surface area (Å²) in [5, 5.41) is 8.81. The molecule has 0 radical (unpaired) electrons. The molecule has 25 heavy (non-hydrogen) atoms. The highest BCUT2D eigenvalue weighted by Crippen LogP contribution is 2.22. The van der Waals surface area contributed by atoms with Crippen LogP contribution in [0.3, 0.4) is 0 Å². The van der Waals surface area contributed by atoms with Gasteiger partial charge in [0.2, 0.25) is 0 Å². The van der Waals surface area contributed by atoms with Crippen molar-refractivity contribution in [1.82, 2.24) is 4.98 Å². The third-order valence-corrected chi connectivity index (χ3v) is 3.71. The first-order valence-corrected chi connectivity index (χ1v) is 8.03. The van der Waals surface area contributed by atoms with Gasteiger partial charge in [0.05, 0.1) is 11.9 Å². The molecule has 0 fully saturated rings. The van der Waals surface area contributed by atoms with E-state index in [9.17, 15) is 4.79 Å². The monoisotopic (exact) mass is 332 g/mol. The van der Waals surface area contributed by atoms with E-state index in [2.05, 4.69) is 53.0 Å². The molecule has 1 aromatic heterocycles. The highest BCUT2D eigenvalue weighted by Gasteiger charge is 2.04. The van der Waals surface area contributed by atoms with E-state index in [1.807, 2.05) is 36.4 Å². The maximum atomic E-state index is 12.0. The van der Waals surface area contributed by atoms with Crippen LogP contribution < -0.4 is 16.0 Å². The fraction of sp³-hybridized carbons (Fsp3) is 0.100. The summed E-state index contributed by atoms with van der Waals surface area (Å²) in [4.78, 5) is 16.2. The SMILES string of the molecule is Cc1ccc(C)c(Nc2ccc(NC(=O)Nc3ccccc3)nc2)c1. The van der Waals surface area contributed by atoms with Gasteiger partial charge in [-0.1, -0.05) is 30.3 Å². The average Bonchev–Trinajstić information content (AvgIpc) is 2.61. The number of aryl methyl sites for hydroxylation is 2. The highest BCUT2D eigenvalue weighted by atomic mass is 16.2. The molecule has 0 unspecified atom stereocenters. The second kappa shape index (κ2) is 7.49. The van der Waals surface area contributed by atoms with Gasteiger partial charge in [-0.15, -0.1) is 0 Å². The minimum absolute atomic E-state index is 0.325. The van der Waals surface area contributed by atoms with Crippen molar-refractivity contribution < 1.29 is 4.79 Å². The number of pyridine rings is 1. The lowest BCUT2D eigenvalue weighted by atomic mass is 10.1. The molecule has 126 valence electrons. The summed E-state index contributed by atoms with van der Waals surface area (Å²) in [7, 11) is 0. The first-order chi connectivity index (χ1) is 12.1. The average molecular weight is 332 g/mol. The number of amides is 2. The Morgan fingerprint density at radius 1 is 0.880 bits per heavy atom. The zero-order valence-electron chi connectivity index (χ0n) is 14.2. The van der Waals surface area contributed by atoms with Crippen molar-refractivity contribution in [2.75, 3.05) is 16.0 Å². The Labute approximate surface area is 147 Å². The Kier molecular flexibility index (Phi) is 4.95. The van der Waals surface area contributed by atoms with Gasteiger partial charge in [-0.05, 0) is 55.3 Å². The van der Waals surface area contributed by atoms with Crippen molar-refractivity contribution in [3.8, 4) is 0 Å². The van der Waals surface area contributed by atoms with Crippen LogP contribution in [0.2, 0.25) is 0 Å². The van der Waals surface area contributed by atoms with Crippen molar-refractivity contribution in [2.24, 2.45) is 0 Å². The van der Waals surface area contributed by atoms with Crippen LogP contribution in [0.5, 0.6) is 0 Å². The first-order valence-electron chi connectivity index (χ1n) is 8.03. The number of rotatable bonds is 4. The minimum Gasteiger partial charge on any atom is -0.354 e. The van der Waals surface area contributed by atoms with Crippen LogP contribution in [-0.4, -0.2) is 11.0 Å². The molecule has 0 aliphatic rings. The maximum absolute atomic E-state index is 12.0. The van der Waals surface area contributed by atoms with Crippen LogP contribution in [-0.2, 0) is 0 Å². The number of urea groups is 1. The number of carbonyl (C=O) groups is 1. The quantitative estimate of drug-likeness (QED) is 0.624. The number of carbonyl (C=O) groups excluding carboxylic acids is 1. The van der Waals surface area contributed by atoms with E-state index in [-0.39, 0.29) is 6.03 Å². The Morgan fingerprint density at radius 3 is 2.40 bits per heavy atom. The summed E-state index contributed by atoms with van der Waals surface area (Å²) in [6.45, 7) is 4.11. The maximum Gasteiger partial charge on any atom is 0.324 e. The van der Waals surface area contributed by atoms with Gasteiger partial charge in [0.1, 0.15) is 5.82 Å². The topological polar surface area (TPSA) is 66.0 Å². The molecule has 2 aromatic carbocycles. The fourth-order valence-corrected chi connectivity index (χ4v) is 2.37. The Balaban J connectivity index is 1.62. The number of para-hydroxylation sites is 1. The molecule has 3 N–H and O–H groups in total. The Morgan fingerprint density at radius 2 is 1.68 bits per heavy atom. The molecule has 3 rings (SSSR count). The number of nitrogens with one attached hydrogen (secondary N) is 3. The smallest absolute Gasteiger partial charge is 0.324 e. The molecule has 0 bridgehead atoms. The van der Waals surface area contributed by atoms with Gasteiger partial charge in [0, 0.05) is 11.4 Å². The first kappa shape index (κ1) is 16.5. The van der Waals surface area contributed by atoms with Crippen LogP contribution in [0.25, 0.3) is 0 Å². The molecule has 0 aliphatic heterocycles. The van der Waals surface area contributed by atoms with Gasteiger partial charge in [-0.25, -0.2) is 9.78 Å². The Hall–Kier alpha value is -3.34. The van der Waals surface area contributed by atoms with E-state index in [1.54, 1.807) is 12.3 Å². The molecule has 0 saturated carbocycles. The number of anilines is 4. The number of nitrogens with zero attached hydrogens (tertiary/aromatic N) is 1. The summed E-state index contributed by atoms with van der Waals surface area (Å²) in [5.74, 6) is 0.486. The highest BCUT2D eigenvalue weighted by molar-refractivity contribution is 5.99. The molecule has 2 amide bonds. The summed E-state index contributed by atoms with van der Waals surface area (Å²) in [6.07, 6.45) is 1.69. The number of aromatic nitrogens is 1. The van der Waals surface area contributed by atoms with Crippen LogP contribution in [0, 0.1) is 13.8 Å². The van der Waals surface area contributed by atoms with Crippen molar-refractivity contribution in [1.29, 1.82) is 0 Å². The minimum atomic E-state index is -0.325. The summed E-state index contributed by atoms with van der Waals surface area (Å²) in [5.41, 5.74) is 4.99. The molecule has 3 aromatic rings. The zero-order valence-corrected chi connectivity index (χ0v) is 14.2. The van der Waals surface area contributed by atoms with E-state index in [0.29, 0.717) is 5.82 Å². The van der Waals surface area contributed by atoms with Crippen molar-refractivity contribution >= 4 is 28.9 Å². The van der Waals surface area contributed by atoms with Crippen LogP contribution in [0.1, 0.15) is 11.1 Å². The normalized spacial score (nSPS) is 10.2. The molecule has 0 spiro atoms. The third kappa shape index (κ3) is 4.57. The van der Waals surface area contributed by atoms with Crippen LogP contribution >= 0.6 is 0 Å². The van der Waals surface area contributed by atoms with Gasteiger partial charge in [0.25, 0.3) is 0 Å². The molecule has 1 heterocycles. The molecule has 0 saturated heterocycles. The van der Waals surface area contributed by atoms with Gasteiger partial charge >= 0.3 is 6.03 Å². The second-order valence-electron chi connectivity index (χ2n) is 5.82. The largest absolute Gasteiger partial charge is 0.354 e. The van der Waals surface area contributed by atoms with Gasteiger partial charge in [-0.2, -0.15) is 0 Å².